The van der Waals surface area contributed by atoms with Gasteiger partial charge in [-0.1, -0.05) is 67.5 Å². The van der Waals surface area contributed by atoms with Crippen LogP contribution in [0.5, 0.6) is 0 Å². The van der Waals surface area contributed by atoms with Crippen molar-refractivity contribution in [2.45, 2.75) is 111 Å². The fraction of sp³-hybridized carbons (Fsp3) is 0.667. The average molecular weight is 726 g/mol. The van der Waals surface area contributed by atoms with Gasteiger partial charge in [0.15, 0.2) is 0 Å². The van der Waals surface area contributed by atoms with E-state index in [0.29, 0.717) is 19.3 Å². The minimum Gasteiger partial charge on any atom is -0.343 e. The van der Waals surface area contributed by atoms with Gasteiger partial charge in [0.2, 0.25) is 29.5 Å². The predicted octanol–water partition coefficient (Wildman–Crippen LogP) is 3.41. The Hall–Kier alpha value is -2.70. The van der Waals surface area contributed by atoms with Gasteiger partial charge < -0.3 is 26.2 Å². The Labute approximate surface area is 276 Å². The number of hydrogen-bond donors (Lipinski definition) is 4. The first-order valence-corrected chi connectivity index (χ1v) is 16.8. The number of carbonyl (C=O) groups is 5. The molecule has 1 aliphatic heterocycles. The van der Waals surface area contributed by atoms with E-state index in [4.69, 9.17) is 0 Å². The fourth-order valence-electron chi connectivity index (χ4n) is 5.34. The van der Waals surface area contributed by atoms with Crippen molar-refractivity contribution in [1.29, 1.82) is 0 Å². The van der Waals surface area contributed by atoms with Crippen molar-refractivity contribution in [1.82, 2.24) is 26.2 Å². The molecule has 5 amide bonds. The highest BCUT2D eigenvalue weighted by Gasteiger charge is 2.38. The number of hydrogen-bond acceptors (Lipinski definition) is 5. The Morgan fingerprint density at radius 3 is 1.64 bits per heavy atom. The van der Waals surface area contributed by atoms with Crippen LogP contribution in [0.25, 0.3) is 0 Å². The number of nitrogens with zero attached hydrogens (tertiary/aromatic N) is 1. The van der Waals surface area contributed by atoms with Crippen molar-refractivity contribution in [2.75, 3.05) is 7.05 Å². The lowest BCUT2D eigenvalue weighted by Gasteiger charge is -2.34. The minimum atomic E-state index is -1.00. The van der Waals surface area contributed by atoms with Crippen LogP contribution >= 0.6 is 22.6 Å². The SMILES string of the molecule is CC(C)C[C@@H]1NC(=O)[C@H](C(C)C)NC(=O)[C@H](CC(C)C)N(C)C(=O)[C@H](CC(C)C)NC(=O)[C@H](Cc2ccc(I)cc2)NC1=O. The van der Waals surface area contributed by atoms with Crippen LogP contribution in [-0.2, 0) is 30.4 Å². The number of nitrogens with one attached hydrogen (secondary N) is 4. The van der Waals surface area contributed by atoms with Crippen molar-refractivity contribution < 1.29 is 24.0 Å². The molecule has 10 nitrogen and oxygen atoms in total. The number of amides is 5. The zero-order valence-electron chi connectivity index (χ0n) is 27.7. The average Bonchev–Trinajstić information content (AvgIpc) is 2.92. The molecular formula is C33H52IN5O5. The summed E-state index contributed by atoms with van der Waals surface area (Å²) in [5.41, 5.74) is 0.837. The molecular weight excluding hydrogens is 673 g/mol. The van der Waals surface area contributed by atoms with Crippen LogP contribution in [0.3, 0.4) is 0 Å². The normalized spacial score (nSPS) is 24.6. The number of carbonyl (C=O) groups excluding carboxylic acids is 5. The molecule has 1 aromatic carbocycles. The highest BCUT2D eigenvalue weighted by molar-refractivity contribution is 14.1. The van der Waals surface area contributed by atoms with E-state index in [1.807, 2.05) is 79.7 Å². The third-order valence-corrected chi connectivity index (χ3v) is 8.43. The zero-order chi connectivity index (χ0) is 33.3. The molecule has 4 N–H and O–H groups in total. The summed E-state index contributed by atoms with van der Waals surface area (Å²) < 4.78 is 1.03. The van der Waals surface area contributed by atoms with Crippen molar-refractivity contribution in [3.05, 3.63) is 33.4 Å². The predicted molar refractivity (Wildman–Crippen MR) is 180 cm³/mol. The third kappa shape index (κ3) is 11.3. The first kappa shape index (κ1) is 37.5. The molecule has 0 bridgehead atoms. The summed E-state index contributed by atoms with van der Waals surface area (Å²) in [6.07, 6.45) is 1.25. The van der Waals surface area contributed by atoms with Gasteiger partial charge in [-0.15, -0.1) is 0 Å². The van der Waals surface area contributed by atoms with Gasteiger partial charge in [0.05, 0.1) is 0 Å². The van der Waals surface area contributed by atoms with Crippen LogP contribution in [0.4, 0.5) is 0 Å². The second-order valence-corrected chi connectivity index (χ2v) is 14.8. The van der Waals surface area contributed by atoms with Crippen molar-refractivity contribution in [2.24, 2.45) is 23.7 Å². The lowest BCUT2D eigenvalue weighted by Crippen LogP contribution is -2.59. The van der Waals surface area contributed by atoms with E-state index in [0.717, 1.165) is 9.13 Å². The van der Waals surface area contributed by atoms with Gasteiger partial charge in [-0.2, -0.15) is 0 Å². The smallest absolute Gasteiger partial charge is 0.245 e. The highest BCUT2D eigenvalue weighted by atomic mass is 127. The molecule has 0 spiro atoms. The molecule has 44 heavy (non-hydrogen) atoms. The molecule has 2 rings (SSSR count). The first-order chi connectivity index (χ1) is 20.5. The number of rotatable bonds is 9. The molecule has 1 aromatic rings. The van der Waals surface area contributed by atoms with Gasteiger partial charge in [-0.25, -0.2) is 0 Å². The molecule has 5 atom stereocenters. The Morgan fingerprint density at radius 2 is 1.11 bits per heavy atom. The molecule has 0 saturated carbocycles. The highest BCUT2D eigenvalue weighted by Crippen LogP contribution is 2.18. The summed E-state index contributed by atoms with van der Waals surface area (Å²) in [4.78, 5) is 70.4. The van der Waals surface area contributed by atoms with Crippen LogP contribution in [0, 0.1) is 27.2 Å². The van der Waals surface area contributed by atoms with E-state index in [9.17, 15) is 24.0 Å². The van der Waals surface area contributed by atoms with E-state index in [2.05, 4.69) is 43.9 Å². The van der Waals surface area contributed by atoms with Gasteiger partial charge in [0, 0.05) is 17.0 Å². The Kier molecular flexibility index (Phi) is 14.6. The van der Waals surface area contributed by atoms with E-state index in [1.54, 1.807) is 7.05 Å². The summed E-state index contributed by atoms with van der Waals surface area (Å²) in [7, 11) is 1.57. The quantitative estimate of drug-likeness (QED) is 0.290. The summed E-state index contributed by atoms with van der Waals surface area (Å²) in [5.74, 6) is -2.43. The molecule has 11 heteroatoms. The van der Waals surface area contributed by atoms with Gasteiger partial charge in [-0.3, -0.25) is 24.0 Å². The molecule has 1 fully saturated rings. The summed E-state index contributed by atoms with van der Waals surface area (Å²) in [6.45, 7) is 15.4. The van der Waals surface area contributed by atoms with Crippen LogP contribution in [0.2, 0.25) is 0 Å². The second-order valence-electron chi connectivity index (χ2n) is 13.6. The number of benzene rings is 1. The van der Waals surface area contributed by atoms with E-state index < -0.39 is 59.7 Å². The van der Waals surface area contributed by atoms with Crippen molar-refractivity contribution >= 4 is 52.1 Å². The van der Waals surface area contributed by atoms with E-state index in [-0.39, 0.29) is 30.1 Å². The maximum absolute atomic E-state index is 14.0. The maximum atomic E-state index is 14.0. The maximum Gasteiger partial charge on any atom is 0.245 e. The van der Waals surface area contributed by atoms with Crippen LogP contribution in [-0.4, -0.2) is 71.7 Å². The molecule has 0 unspecified atom stereocenters. The summed E-state index contributed by atoms with van der Waals surface area (Å²) in [5, 5.41) is 11.5. The van der Waals surface area contributed by atoms with E-state index in [1.165, 1.54) is 4.90 Å². The summed E-state index contributed by atoms with van der Waals surface area (Å²) >= 11 is 2.20. The van der Waals surface area contributed by atoms with Crippen LogP contribution in [0.1, 0.15) is 80.2 Å². The van der Waals surface area contributed by atoms with Crippen LogP contribution in [0.15, 0.2) is 24.3 Å². The molecule has 0 radical (unpaired) electrons. The lowest BCUT2D eigenvalue weighted by molar-refractivity contribution is -0.143. The molecule has 0 aliphatic carbocycles. The standard InChI is InChI=1S/C33H52IN5O5/c1-18(2)14-24-29(40)35-25(17-22-10-12-23(34)13-11-22)30(41)37-26(15-19(3)4)33(44)39(9)27(16-20(5)6)31(42)38-28(21(7)8)32(43)36-24/h10-13,18-21,24-28H,14-17H2,1-9H3,(H,35,40)(H,36,43)(H,37,41)(H,38,42)/t24-,25-,26-,27-,28-/m0/s1. The zero-order valence-corrected chi connectivity index (χ0v) is 29.9. The Bertz CT molecular complexity index is 1150. The first-order valence-electron chi connectivity index (χ1n) is 15.7. The monoisotopic (exact) mass is 725 g/mol. The fourth-order valence-corrected chi connectivity index (χ4v) is 5.70. The number of likely N-dealkylation sites (N-methyl/N-ethyl adjacent to an activating group) is 1. The topological polar surface area (TPSA) is 137 Å². The molecule has 1 saturated heterocycles. The van der Waals surface area contributed by atoms with Gasteiger partial charge >= 0.3 is 0 Å². The van der Waals surface area contributed by atoms with Gasteiger partial charge in [-0.05, 0) is 83.2 Å². The molecule has 246 valence electrons. The molecule has 1 aliphatic rings. The third-order valence-electron chi connectivity index (χ3n) is 7.71. The largest absolute Gasteiger partial charge is 0.343 e. The number of halogens is 1. The van der Waals surface area contributed by atoms with Crippen molar-refractivity contribution in [3.8, 4) is 0 Å². The van der Waals surface area contributed by atoms with Crippen molar-refractivity contribution in [3.63, 3.8) is 0 Å². The lowest BCUT2D eigenvalue weighted by atomic mass is 9.97. The minimum absolute atomic E-state index is 0.0563. The molecule has 0 aromatic heterocycles. The van der Waals surface area contributed by atoms with E-state index >= 15 is 0 Å². The Balaban J connectivity index is 2.66. The van der Waals surface area contributed by atoms with Crippen LogP contribution < -0.4 is 21.3 Å². The summed E-state index contributed by atoms with van der Waals surface area (Å²) in [6, 6.07) is 3.02. The second kappa shape index (κ2) is 17.1. The van der Waals surface area contributed by atoms with Gasteiger partial charge in [0.1, 0.15) is 30.2 Å². The Morgan fingerprint density at radius 1 is 0.636 bits per heavy atom. The van der Waals surface area contributed by atoms with Gasteiger partial charge in [0.25, 0.3) is 0 Å². The molecule has 1 heterocycles.